The van der Waals surface area contributed by atoms with Crippen LogP contribution in [0.25, 0.3) is 0 Å². The van der Waals surface area contributed by atoms with Crippen molar-refractivity contribution in [3.05, 3.63) is 29.8 Å². The molecule has 0 aliphatic carbocycles. The fraction of sp³-hybridized carbons (Fsp3) is 0.571. The van der Waals surface area contributed by atoms with Crippen LogP contribution in [0.2, 0.25) is 0 Å². The molecule has 1 aromatic rings. The van der Waals surface area contributed by atoms with Gasteiger partial charge in [0, 0.05) is 11.4 Å². The second-order valence-corrected chi connectivity index (χ2v) is 5.56. The normalized spacial score (nSPS) is 11.0. The lowest BCUT2D eigenvalue weighted by molar-refractivity contribution is 0.632. The van der Waals surface area contributed by atoms with E-state index in [4.69, 9.17) is 0 Å². The second kappa shape index (κ2) is 7.75. The largest absolute Gasteiger partial charge is 0.313 e. The van der Waals surface area contributed by atoms with Crippen molar-refractivity contribution in [3.63, 3.8) is 0 Å². The highest BCUT2D eigenvalue weighted by Crippen LogP contribution is 2.24. The van der Waals surface area contributed by atoms with Gasteiger partial charge in [0.2, 0.25) is 0 Å². The van der Waals surface area contributed by atoms with Gasteiger partial charge in [-0.1, -0.05) is 39.0 Å². The van der Waals surface area contributed by atoms with Gasteiger partial charge in [-0.2, -0.15) is 0 Å². The minimum atomic E-state index is 0.799. The highest BCUT2D eigenvalue weighted by atomic mass is 32.2. The summed E-state index contributed by atoms with van der Waals surface area (Å²) in [5, 5.41) is 3.39. The highest BCUT2D eigenvalue weighted by molar-refractivity contribution is 7.99. The summed E-state index contributed by atoms with van der Waals surface area (Å²) in [5.74, 6) is 2.02. The van der Waals surface area contributed by atoms with Crippen molar-refractivity contribution in [2.45, 2.75) is 38.6 Å². The van der Waals surface area contributed by atoms with Crippen molar-refractivity contribution in [1.82, 2.24) is 5.32 Å². The van der Waals surface area contributed by atoms with Gasteiger partial charge in [0.05, 0.1) is 0 Å². The average molecular weight is 237 g/mol. The van der Waals surface area contributed by atoms with Crippen molar-refractivity contribution in [2.24, 2.45) is 5.92 Å². The molecule has 0 saturated carbocycles. The summed E-state index contributed by atoms with van der Waals surface area (Å²) in [5.41, 5.74) is 1.43. The van der Waals surface area contributed by atoms with Gasteiger partial charge in [0.1, 0.15) is 0 Å². The number of nitrogens with one attached hydrogen (secondary N) is 1. The monoisotopic (exact) mass is 237 g/mol. The molecule has 2 heteroatoms. The molecule has 1 rings (SSSR count). The molecular formula is C14H23NS. The summed E-state index contributed by atoms with van der Waals surface area (Å²) in [6, 6.07) is 8.71. The molecule has 0 aromatic heterocycles. The molecule has 0 aliphatic rings. The number of hydrogen-bond donors (Lipinski definition) is 1. The molecule has 1 nitrogen and oxygen atoms in total. The molecule has 0 bridgehead atoms. The van der Waals surface area contributed by atoms with Crippen LogP contribution in [-0.4, -0.2) is 12.3 Å². The number of thioether (sulfide) groups is 1. The lowest BCUT2D eigenvalue weighted by atomic mass is 10.2. The van der Waals surface area contributed by atoms with E-state index in [0.717, 1.165) is 19.0 Å². The SMILES string of the molecule is CCNCc1ccccc1SCCC(C)C. The summed E-state index contributed by atoms with van der Waals surface area (Å²) in [7, 11) is 0. The molecule has 0 atom stereocenters. The molecule has 0 heterocycles. The Hall–Kier alpha value is -0.470. The van der Waals surface area contributed by atoms with Crippen LogP contribution >= 0.6 is 11.8 Å². The summed E-state index contributed by atoms with van der Waals surface area (Å²) < 4.78 is 0. The zero-order valence-electron chi connectivity index (χ0n) is 10.6. The highest BCUT2D eigenvalue weighted by Gasteiger charge is 2.02. The molecule has 0 saturated heterocycles. The molecule has 0 radical (unpaired) electrons. The average Bonchev–Trinajstić information content (AvgIpc) is 2.27. The first-order chi connectivity index (χ1) is 7.74. The summed E-state index contributed by atoms with van der Waals surface area (Å²) in [6.07, 6.45) is 1.29. The predicted octanol–water partition coefficient (Wildman–Crippen LogP) is 3.93. The second-order valence-electron chi connectivity index (χ2n) is 4.42. The molecule has 16 heavy (non-hydrogen) atoms. The van der Waals surface area contributed by atoms with Gasteiger partial charge in [-0.3, -0.25) is 0 Å². The van der Waals surface area contributed by atoms with Crippen molar-refractivity contribution < 1.29 is 0 Å². The summed E-state index contributed by atoms with van der Waals surface area (Å²) >= 11 is 1.99. The van der Waals surface area contributed by atoms with Crippen LogP contribution in [0.5, 0.6) is 0 Å². The quantitative estimate of drug-likeness (QED) is 0.721. The molecule has 0 fully saturated rings. The van der Waals surface area contributed by atoms with Gasteiger partial charge in [0.15, 0.2) is 0 Å². The first-order valence-corrected chi connectivity index (χ1v) is 7.14. The first kappa shape index (κ1) is 13.6. The third-order valence-electron chi connectivity index (χ3n) is 2.49. The first-order valence-electron chi connectivity index (χ1n) is 6.15. The number of rotatable bonds is 7. The van der Waals surface area contributed by atoms with Crippen LogP contribution in [0.4, 0.5) is 0 Å². The summed E-state index contributed by atoms with van der Waals surface area (Å²) in [6.45, 7) is 8.73. The van der Waals surface area contributed by atoms with Crippen LogP contribution in [0.1, 0.15) is 32.8 Å². The molecule has 1 aromatic carbocycles. The van der Waals surface area contributed by atoms with Crippen LogP contribution in [-0.2, 0) is 6.54 Å². The zero-order chi connectivity index (χ0) is 11.8. The molecule has 0 unspecified atom stereocenters. The Morgan fingerprint density at radius 3 is 2.69 bits per heavy atom. The molecule has 0 amide bonds. The van der Waals surface area contributed by atoms with E-state index in [1.807, 2.05) is 11.8 Å². The summed E-state index contributed by atoms with van der Waals surface area (Å²) in [4.78, 5) is 1.43. The van der Waals surface area contributed by atoms with Crippen molar-refractivity contribution in [1.29, 1.82) is 0 Å². The standard InChI is InChI=1S/C14H23NS/c1-4-15-11-13-7-5-6-8-14(13)16-10-9-12(2)3/h5-8,12,15H,4,9-11H2,1-3H3. The minimum Gasteiger partial charge on any atom is -0.313 e. The Morgan fingerprint density at radius 2 is 2.00 bits per heavy atom. The van der Waals surface area contributed by atoms with E-state index in [2.05, 4.69) is 50.4 Å². The third-order valence-corrected chi connectivity index (χ3v) is 3.64. The Labute approximate surface area is 104 Å². The van der Waals surface area contributed by atoms with Gasteiger partial charge < -0.3 is 5.32 Å². The van der Waals surface area contributed by atoms with Crippen molar-refractivity contribution >= 4 is 11.8 Å². The lowest BCUT2D eigenvalue weighted by Crippen LogP contribution is -2.12. The van der Waals surface area contributed by atoms with E-state index in [-0.39, 0.29) is 0 Å². The van der Waals surface area contributed by atoms with Gasteiger partial charge >= 0.3 is 0 Å². The fourth-order valence-electron chi connectivity index (χ4n) is 1.45. The van der Waals surface area contributed by atoms with Crippen molar-refractivity contribution in [3.8, 4) is 0 Å². The molecule has 0 spiro atoms. The predicted molar refractivity (Wildman–Crippen MR) is 74.0 cm³/mol. The molecule has 90 valence electrons. The number of benzene rings is 1. The van der Waals surface area contributed by atoms with Gasteiger partial charge in [-0.05, 0) is 36.3 Å². The van der Waals surface area contributed by atoms with Gasteiger partial charge in [-0.15, -0.1) is 11.8 Å². The van der Waals surface area contributed by atoms with E-state index in [1.165, 1.54) is 22.6 Å². The zero-order valence-corrected chi connectivity index (χ0v) is 11.4. The van der Waals surface area contributed by atoms with E-state index in [1.54, 1.807) is 0 Å². The smallest absolute Gasteiger partial charge is 0.0216 e. The maximum atomic E-state index is 3.39. The Balaban J connectivity index is 2.49. The van der Waals surface area contributed by atoms with E-state index in [9.17, 15) is 0 Å². The minimum absolute atomic E-state index is 0.799. The maximum Gasteiger partial charge on any atom is 0.0216 e. The van der Waals surface area contributed by atoms with E-state index < -0.39 is 0 Å². The van der Waals surface area contributed by atoms with Crippen LogP contribution in [0.15, 0.2) is 29.2 Å². The van der Waals surface area contributed by atoms with Gasteiger partial charge in [0.25, 0.3) is 0 Å². The fourth-order valence-corrected chi connectivity index (χ4v) is 2.76. The lowest BCUT2D eigenvalue weighted by Gasteiger charge is -2.10. The molecule has 1 N–H and O–H groups in total. The van der Waals surface area contributed by atoms with Crippen LogP contribution in [0, 0.1) is 5.92 Å². The third kappa shape index (κ3) is 5.04. The Bertz CT molecular complexity index is 297. The Kier molecular flexibility index (Phi) is 6.58. The van der Waals surface area contributed by atoms with Crippen LogP contribution in [0.3, 0.4) is 0 Å². The topological polar surface area (TPSA) is 12.0 Å². The van der Waals surface area contributed by atoms with Gasteiger partial charge in [-0.25, -0.2) is 0 Å². The molecular weight excluding hydrogens is 214 g/mol. The molecule has 0 aliphatic heterocycles. The Morgan fingerprint density at radius 1 is 1.25 bits per heavy atom. The van der Waals surface area contributed by atoms with Crippen LogP contribution < -0.4 is 5.32 Å². The maximum absolute atomic E-state index is 3.39. The van der Waals surface area contributed by atoms with E-state index >= 15 is 0 Å². The van der Waals surface area contributed by atoms with Crippen molar-refractivity contribution in [2.75, 3.05) is 12.3 Å². The van der Waals surface area contributed by atoms with E-state index in [0.29, 0.717) is 0 Å². The number of hydrogen-bond acceptors (Lipinski definition) is 2.